The standard InChI is InChI=1S/C15H23N/c1-3-10-16(11-4-2)15-12-14(15)13-8-6-5-7-9-13/h5-9,14-15H,3-4,10-12H2,1-2H3/t14-,15+/m1/s1. The van der Waals surface area contributed by atoms with Crippen molar-refractivity contribution < 1.29 is 0 Å². The van der Waals surface area contributed by atoms with Crippen LogP contribution < -0.4 is 0 Å². The second kappa shape index (κ2) is 5.49. The molecule has 0 aliphatic heterocycles. The quantitative estimate of drug-likeness (QED) is 0.703. The molecular formula is C15H23N. The highest BCUT2D eigenvalue weighted by molar-refractivity contribution is 5.27. The summed E-state index contributed by atoms with van der Waals surface area (Å²) < 4.78 is 0. The molecule has 0 heterocycles. The van der Waals surface area contributed by atoms with Crippen molar-refractivity contribution in [3.8, 4) is 0 Å². The van der Waals surface area contributed by atoms with Gasteiger partial charge < -0.3 is 0 Å². The van der Waals surface area contributed by atoms with Gasteiger partial charge in [0.1, 0.15) is 0 Å². The molecule has 0 N–H and O–H groups in total. The van der Waals surface area contributed by atoms with E-state index in [9.17, 15) is 0 Å². The average molecular weight is 217 g/mol. The molecule has 0 aromatic heterocycles. The lowest BCUT2D eigenvalue weighted by molar-refractivity contribution is 0.260. The van der Waals surface area contributed by atoms with E-state index in [-0.39, 0.29) is 0 Å². The highest BCUT2D eigenvalue weighted by Gasteiger charge is 2.41. The zero-order valence-corrected chi connectivity index (χ0v) is 10.5. The Hall–Kier alpha value is -0.820. The van der Waals surface area contributed by atoms with Gasteiger partial charge >= 0.3 is 0 Å². The lowest BCUT2D eigenvalue weighted by atomic mass is 10.1. The van der Waals surface area contributed by atoms with Gasteiger partial charge in [-0.05, 0) is 37.9 Å². The summed E-state index contributed by atoms with van der Waals surface area (Å²) in [6.45, 7) is 7.09. The first-order valence-electron chi connectivity index (χ1n) is 6.65. The lowest BCUT2D eigenvalue weighted by Crippen LogP contribution is -2.28. The normalized spacial score (nSPS) is 23.7. The van der Waals surface area contributed by atoms with Crippen LogP contribution in [0.15, 0.2) is 30.3 Å². The van der Waals surface area contributed by atoms with Crippen LogP contribution in [-0.4, -0.2) is 24.0 Å². The minimum Gasteiger partial charge on any atom is -0.300 e. The van der Waals surface area contributed by atoms with Crippen LogP contribution in [0.25, 0.3) is 0 Å². The largest absolute Gasteiger partial charge is 0.300 e. The Bertz CT molecular complexity index is 300. The summed E-state index contributed by atoms with van der Waals surface area (Å²) in [5.74, 6) is 0.805. The first kappa shape index (κ1) is 11.7. The highest BCUT2D eigenvalue weighted by Crippen LogP contribution is 2.44. The van der Waals surface area contributed by atoms with Crippen LogP contribution in [0, 0.1) is 0 Å². The fraction of sp³-hybridized carbons (Fsp3) is 0.600. The van der Waals surface area contributed by atoms with Gasteiger partial charge in [-0.1, -0.05) is 44.2 Å². The molecule has 1 nitrogen and oxygen atoms in total. The third kappa shape index (κ3) is 2.65. The van der Waals surface area contributed by atoms with Gasteiger partial charge in [-0.3, -0.25) is 4.90 Å². The van der Waals surface area contributed by atoms with E-state index in [2.05, 4.69) is 49.1 Å². The minimum atomic E-state index is 0.805. The topological polar surface area (TPSA) is 3.24 Å². The van der Waals surface area contributed by atoms with E-state index in [1.807, 2.05) is 0 Å². The molecule has 16 heavy (non-hydrogen) atoms. The summed E-state index contributed by atoms with van der Waals surface area (Å²) in [5.41, 5.74) is 1.53. The third-order valence-corrected chi connectivity index (χ3v) is 3.48. The van der Waals surface area contributed by atoms with Gasteiger partial charge in [0, 0.05) is 12.0 Å². The fourth-order valence-corrected chi connectivity index (χ4v) is 2.66. The molecule has 0 amide bonds. The van der Waals surface area contributed by atoms with E-state index in [0.29, 0.717) is 0 Å². The van der Waals surface area contributed by atoms with Crippen LogP contribution in [0.5, 0.6) is 0 Å². The van der Waals surface area contributed by atoms with Gasteiger partial charge in [-0.25, -0.2) is 0 Å². The van der Waals surface area contributed by atoms with Crippen molar-refractivity contribution in [1.29, 1.82) is 0 Å². The molecule has 0 unspecified atom stereocenters. The Balaban J connectivity index is 1.93. The second-order valence-corrected chi connectivity index (χ2v) is 4.86. The SMILES string of the molecule is CCCN(CCC)[C@H]1C[C@@H]1c1ccccc1. The third-order valence-electron chi connectivity index (χ3n) is 3.48. The molecule has 1 aromatic carbocycles. The maximum atomic E-state index is 2.68. The Labute approximate surface area is 99.5 Å². The van der Waals surface area contributed by atoms with Gasteiger partial charge in [0.15, 0.2) is 0 Å². The molecule has 1 aliphatic rings. The molecular weight excluding hydrogens is 194 g/mol. The van der Waals surface area contributed by atoms with Crippen molar-refractivity contribution in [3.63, 3.8) is 0 Å². The van der Waals surface area contributed by atoms with Crippen molar-refractivity contribution in [2.75, 3.05) is 13.1 Å². The van der Waals surface area contributed by atoms with Crippen LogP contribution >= 0.6 is 0 Å². The molecule has 1 saturated carbocycles. The molecule has 0 spiro atoms. The van der Waals surface area contributed by atoms with Gasteiger partial charge in [0.2, 0.25) is 0 Å². The molecule has 1 fully saturated rings. The summed E-state index contributed by atoms with van der Waals surface area (Å²) in [4.78, 5) is 2.68. The first-order chi connectivity index (χ1) is 7.86. The monoisotopic (exact) mass is 217 g/mol. The van der Waals surface area contributed by atoms with Crippen molar-refractivity contribution >= 4 is 0 Å². The summed E-state index contributed by atoms with van der Waals surface area (Å²) in [5, 5.41) is 0. The average Bonchev–Trinajstić information content (AvgIpc) is 3.10. The molecule has 0 bridgehead atoms. The smallest absolute Gasteiger partial charge is 0.0171 e. The second-order valence-electron chi connectivity index (χ2n) is 4.86. The number of benzene rings is 1. The van der Waals surface area contributed by atoms with E-state index in [4.69, 9.17) is 0 Å². The molecule has 1 heteroatoms. The Morgan fingerprint density at radius 3 is 2.25 bits per heavy atom. The maximum absolute atomic E-state index is 2.68. The molecule has 88 valence electrons. The summed E-state index contributed by atoms with van der Waals surface area (Å²) in [6.07, 6.45) is 3.92. The van der Waals surface area contributed by atoms with Crippen molar-refractivity contribution in [1.82, 2.24) is 4.90 Å². The predicted octanol–water partition coefficient (Wildman–Crippen LogP) is 3.66. The van der Waals surface area contributed by atoms with Gasteiger partial charge in [-0.15, -0.1) is 0 Å². The van der Waals surface area contributed by atoms with Crippen LogP contribution in [0.2, 0.25) is 0 Å². The number of nitrogens with zero attached hydrogens (tertiary/aromatic N) is 1. The Morgan fingerprint density at radius 1 is 1.06 bits per heavy atom. The maximum Gasteiger partial charge on any atom is 0.0171 e. The predicted molar refractivity (Wildman–Crippen MR) is 69.7 cm³/mol. The van der Waals surface area contributed by atoms with Gasteiger partial charge in [0.05, 0.1) is 0 Å². The van der Waals surface area contributed by atoms with Gasteiger partial charge in [0.25, 0.3) is 0 Å². The van der Waals surface area contributed by atoms with Crippen LogP contribution in [0.3, 0.4) is 0 Å². The number of rotatable bonds is 6. The van der Waals surface area contributed by atoms with E-state index in [0.717, 1.165) is 12.0 Å². The number of hydrogen-bond acceptors (Lipinski definition) is 1. The molecule has 2 rings (SSSR count). The zero-order chi connectivity index (χ0) is 11.4. The number of hydrogen-bond donors (Lipinski definition) is 0. The minimum absolute atomic E-state index is 0.805. The Morgan fingerprint density at radius 2 is 1.69 bits per heavy atom. The fourth-order valence-electron chi connectivity index (χ4n) is 2.66. The van der Waals surface area contributed by atoms with Crippen LogP contribution in [-0.2, 0) is 0 Å². The molecule has 2 atom stereocenters. The summed E-state index contributed by atoms with van der Waals surface area (Å²) in [6, 6.07) is 11.8. The molecule has 0 saturated heterocycles. The van der Waals surface area contributed by atoms with E-state index in [1.54, 1.807) is 0 Å². The van der Waals surface area contributed by atoms with Crippen LogP contribution in [0.4, 0.5) is 0 Å². The molecule has 0 radical (unpaired) electrons. The summed E-state index contributed by atoms with van der Waals surface area (Å²) >= 11 is 0. The van der Waals surface area contributed by atoms with Gasteiger partial charge in [-0.2, -0.15) is 0 Å². The molecule has 1 aromatic rings. The Kier molecular flexibility index (Phi) is 4.00. The van der Waals surface area contributed by atoms with E-state index < -0.39 is 0 Å². The van der Waals surface area contributed by atoms with E-state index in [1.165, 1.54) is 37.9 Å². The van der Waals surface area contributed by atoms with Crippen LogP contribution in [0.1, 0.15) is 44.6 Å². The molecule has 1 aliphatic carbocycles. The van der Waals surface area contributed by atoms with Crippen molar-refractivity contribution in [3.05, 3.63) is 35.9 Å². The summed E-state index contributed by atoms with van der Waals surface area (Å²) in [7, 11) is 0. The lowest BCUT2D eigenvalue weighted by Gasteiger charge is -2.21. The van der Waals surface area contributed by atoms with E-state index >= 15 is 0 Å². The van der Waals surface area contributed by atoms with Crippen molar-refractivity contribution in [2.45, 2.75) is 45.1 Å². The van der Waals surface area contributed by atoms with Crippen molar-refractivity contribution in [2.24, 2.45) is 0 Å². The highest BCUT2D eigenvalue weighted by atomic mass is 15.2. The first-order valence-corrected chi connectivity index (χ1v) is 6.65. The zero-order valence-electron chi connectivity index (χ0n) is 10.5.